The summed E-state index contributed by atoms with van der Waals surface area (Å²) in [6.07, 6.45) is 3.11. The third-order valence-electron chi connectivity index (χ3n) is 4.37. The van der Waals surface area contributed by atoms with Gasteiger partial charge in [0.1, 0.15) is 5.82 Å². The van der Waals surface area contributed by atoms with Crippen LogP contribution in [0.1, 0.15) is 19.3 Å². The van der Waals surface area contributed by atoms with Crippen molar-refractivity contribution in [2.75, 3.05) is 31.6 Å². The Hall–Kier alpha value is -1.46. The van der Waals surface area contributed by atoms with Gasteiger partial charge in [-0.1, -0.05) is 12.1 Å². The molecule has 2 aliphatic heterocycles. The Kier molecular flexibility index (Phi) is 4.22. The van der Waals surface area contributed by atoms with Crippen LogP contribution in [0.15, 0.2) is 24.3 Å². The predicted octanol–water partition coefficient (Wildman–Crippen LogP) is 2.04. The van der Waals surface area contributed by atoms with E-state index in [9.17, 15) is 9.18 Å². The lowest BCUT2D eigenvalue weighted by atomic mass is 10.2. The summed E-state index contributed by atoms with van der Waals surface area (Å²) in [5.74, 6) is -0.353. The average molecular weight is 292 g/mol. The van der Waals surface area contributed by atoms with Crippen LogP contribution in [0, 0.1) is 5.82 Å². The van der Waals surface area contributed by atoms with Crippen molar-refractivity contribution in [1.82, 2.24) is 4.90 Å². The molecule has 2 aliphatic rings. The number of nitrogens with zero attached hydrogens (tertiary/aromatic N) is 2. The second kappa shape index (κ2) is 6.12. The molecular weight excluding hydrogens is 271 g/mol. The molecule has 1 aromatic rings. The van der Waals surface area contributed by atoms with Crippen LogP contribution < -0.4 is 4.90 Å². The second-order valence-corrected chi connectivity index (χ2v) is 5.82. The van der Waals surface area contributed by atoms with E-state index in [-0.39, 0.29) is 23.9 Å². The lowest BCUT2D eigenvalue weighted by molar-refractivity contribution is -0.121. The van der Waals surface area contributed by atoms with Crippen molar-refractivity contribution in [2.45, 2.75) is 31.4 Å². The van der Waals surface area contributed by atoms with Crippen molar-refractivity contribution in [1.29, 1.82) is 0 Å². The summed E-state index contributed by atoms with van der Waals surface area (Å²) in [6, 6.07) is 6.28. The van der Waals surface area contributed by atoms with Gasteiger partial charge in [0, 0.05) is 19.7 Å². The van der Waals surface area contributed by atoms with Crippen LogP contribution in [0.2, 0.25) is 0 Å². The molecule has 0 bridgehead atoms. The highest BCUT2D eigenvalue weighted by molar-refractivity contribution is 5.99. The van der Waals surface area contributed by atoms with Gasteiger partial charge >= 0.3 is 0 Å². The zero-order chi connectivity index (χ0) is 14.8. The molecule has 0 radical (unpaired) electrons. The number of para-hydroxylation sites is 1. The Balaban J connectivity index is 1.67. The molecule has 2 saturated heterocycles. The van der Waals surface area contributed by atoms with E-state index >= 15 is 0 Å². The standard InChI is InChI=1S/C16H21FN2O2/c1-18(11-12-5-4-10-21-12)15-8-9-19(16(15)20)14-7-3-2-6-13(14)17/h2-3,6-7,12,15H,4-5,8-11H2,1H3/t12-,15-/m0/s1. The molecular formula is C16H21FN2O2. The number of rotatable bonds is 4. The lowest BCUT2D eigenvalue weighted by Crippen LogP contribution is -2.43. The molecule has 0 spiro atoms. The quantitative estimate of drug-likeness (QED) is 0.851. The highest BCUT2D eigenvalue weighted by atomic mass is 19.1. The van der Waals surface area contributed by atoms with Crippen molar-refractivity contribution < 1.29 is 13.9 Å². The molecule has 1 aromatic carbocycles. The first-order chi connectivity index (χ1) is 10.2. The van der Waals surface area contributed by atoms with Gasteiger partial charge in [0.15, 0.2) is 0 Å². The van der Waals surface area contributed by atoms with Gasteiger partial charge in [-0.15, -0.1) is 0 Å². The summed E-state index contributed by atoms with van der Waals surface area (Å²) in [6.45, 7) is 2.15. The van der Waals surface area contributed by atoms with Crippen molar-refractivity contribution >= 4 is 11.6 Å². The highest BCUT2D eigenvalue weighted by Gasteiger charge is 2.37. The molecule has 2 heterocycles. The molecule has 0 saturated carbocycles. The monoisotopic (exact) mass is 292 g/mol. The summed E-state index contributed by atoms with van der Waals surface area (Å²) in [5.41, 5.74) is 0.385. The number of likely N-dealkylation sites (N-methyl/N-ethyl adjacent to an activating group) is 1. The van der Waals surface area contributed by atoms with E-state index in [4.69, 9.17) is 4.74 Å². The van der Waals surface area contributed by atoms with Crippen LogP contribution >= 0.6 is 0 Å². The summed E-state index contributed by atoms with van der Waals surface area (Å²) in [4.78, 5) is 16.2. The predicted molar refractivity (Wildman–Crippen MR) is 78.8 cm³/mol. The van der Waals surface area contributed by atoms with E-state index in [0.717, 1.165) is 32.4 Å². The maximum atomic E-state index is 13.8. The van der Waals surface area contributed by atoms with Crippen LogP contribution in [0.3, 0.4) is 0 Å². The molecule has 114 valence electrons. The topological polar surface area (TPSA) is 32.8 Å². The molecule has 21 heavy (non-hydrogen) atoms. The van der Waals surface area contributed by atoms with E-state index in [2.05, 4.69) is 4.90 Å². The van der Waals surface area contributed by atoms with Gasteiger partial charge in [-0.05, 0) is 38.4 Å². The lowest BCUT2D eigenvalue weighted by Gasteiger charge is -2.26. The SMILES string of the molecule is CN(C[C@@H]1CCCO1)[C@H]1CCN(c2ccccc2F)C1=O. The third kappa shape index (κ3) is 2.94. The zero-order valence-electron chi connectivity index (χ0n) is 12.3. The second-order valence-electron chi connectivity index (χ2n) is 5.82. The van der Waals surface area contributed by atoms with Gasteiger partial charge in [0.25, 0.3) is 0 Å². The number of amides is 1. The third-order valence-corrected chi connectivity index (χ3v) is 4.37. The maximum Gasteiger partial charge on any atom is 0.244 e. The number of benzene rings is 1. The van der Waals surface area contributed by atoms with Crippen molar-refractivity contribution in [3.63, 3.8) is 0 Å². The number of hydrogen-bond acceptors (Lipinski definition) is 3. The summed E-state index contributed by atoms with van der Waals surface area (Å²) < 4.78 is 19.5. The Labute approximate surface area is 124 Å². The van der Waals surface area contributed by atoms with Gasteiger partial charge in [-0.3, -0.25) is 9.69 Å². The number of halogens is 1. The van der Waals surface area contributed by atoms with Gasteiger partial charge < -0.3 is 9.64 Å². The molecule has 3 rings (SSSR count). The molecule has 0 aliphatic carbocycles. The average Bonchev–Trinajstić information content (AvgIpc) is 3.09. The van der Waals surface area contributed by atoms with Gasteiger partial charge in [0.05, 0.1) is 17.8 Å². The Morgan fingerprint density at radius 2 is 2.19 bits per heavy atom. The van der Waals surface area contributed by atoms with E-state index in [1.807, 2.05) is 7.05 Å². The number of anilines is 1. The largest absolute Gasteiger partial charge is 0.377 e. The highest BCUT2D eigenvalue weighted by Crippen LogP contribution is 2.26. The number of ether oxygens (including phenoxy) is 1. The number of carbonyl (C=O) groups is 1. The number of hydrogen-bond donors (Lipinski definition) is 0. The fourth-order valence-corrected chi connectivity index (χ4v) is 3.22. The van der Waals surface area contributed by atoms with E-state index in [1.54, 1.807) is 23.1 Å². The van der Waals surface area contributed by atoms with Crippen LogP contribution in [0.25, 0.3) is 0 Å². The molecule has 2 atom stereocenters. The fraction of sp³-hybridized carbons (Fsp3) is 0.562. The van der Waals surface area contributed by atoms with E-state index in [1.165, 1.54) is 6.07 Å². The van der Waals surface area contributed by atoms with E-state index in [0.29, 0.717) is 12.2 Å². The van der Waals surface area contributed by atoms with Gasteiger partial charge in [-0.2, -0.15) is 0 Å². The van der Waals surface area contributed by atoms with Crippen molar-refractivity contribution in [3.8, 4) is 0 Å². The van der Waals surface area contributed by atoms with Crippen molar-refractivity contribution in [3.05, 3.63) is 30.1 Å². The molecule has 4 nitrogen and oxygen atoms in total. The molecule has 0 aromatic heterocycles. The fourth-order valence-electron chi connectivity index (χ4n) is 3.22. The minimum atomic E-state index is -0.340. The van der Waals surface area contributed by atoms with Crippen LogP contribution in [0.5, 0.6) is 0 Å². The maximum absolute atomic E-state index is 13.8. The normalized spacial score (nSPS) is 26.0. The molecule has 0 N–H and O–H groups in total. The Morgan fingerprint density at radius 1 is 1.38 bits per heavy atom. The first-order valence-corrected chi connectivity index (χ1v) is 7.54. The molecule has 0 unspecified atom stereocenters. The molecule has 5 heteroatoms. The Morgan fingerprint density at radius 3 is 2.90 bits per heavy atom. The minimum absolute atomic E-state index is 0.0133. The van der Waals surface area contributed by atoms with Crippen LogP contribution in [-0.2, 0) is 9.53 Å². The number of carbonyl (C=O) groups excluding carboxylic acids is 1. The van der Waals surface area contributed by atoms with Crippen molar-refractivity contribution in [2.24, 2.45) is 0 Å². The summed E-state index contributed by atoms with van der Waals surface area (Å²) in [7, 11) is 1.95. The van der Waals surface area contributed by atoms with Gasteiger partial charge in [0.2, 0.25) is 5.91 Å². The minimum Gasteiger partial charge on any atom is -0.377 e. The first kappa shape index (κ1) is 14.5. The van der Waals surface area contributed by atoms with Gasteiger partial charge in [-0.25, -0.2) is 4.39 Å². The smallest absolute Gasteiger partial charge is 0.244 e. The van der Waals surface area contributed by atoms with E-state index < -0.39 is 0 Å². The van der Waals surface area contributed by atoms with Crippen LogP contribution in [-0.4, -0.2) is 49.7 Å². The van der Waals surface area contributed by atoms with Crippen LogP contribution in [0.4, 0.5) is 10.1 Å². The summed E-state index contributed by atoms with van der Waals surface area (Å²) >= 11 is 0. The summed E-state index contributed by atoms with van der Waals surface area (Å²) in [5, 5.41) is 0. The Bertz CT molecular complexity index is 517. The first-order valence-electron chi connectivity index (χ1n) is 7.54. The molecule has 1 amide bonds. The molecule has 2 fully saturated rings. The zero-order valence-corrected chi connectivity index (χ0v) is 12.3.